The summed E-state index contributed by atoms with van der Waals surface area (Å²) in [7, 11) is 0. The van der Waals surface area contributed by atoms with Crippen LogP contribution in [0.1, 0.15) is 16.1 Å². The zero-order chi connectivity index (χ0) is 27.2. The number of thioether (sulfide) groups is 1. The highest BCUT2D eigenvalue weighted by Gasteiger charge is 2.21. The molecule has 0 unspecified atom stereocenters. The molecule has 10 heteroatoms. The van der Waals surface area contributed by atoms with Crippen molar-refractivity contribution in [3.05, 3.63) is 114 Å². The van der Waals surface area contributed by atoms with Crippen molar-refractivity contribution >= 4 is 57.8 Å². The van der Waals surface area contributed by atoms with Gasteiger partial charge in [0, 0.05) is 33.7 Å². The fourth-order valence-electron chi connectivity index (χ4n) is 3.71. The number of carbonyl (C=O) groups is 2. The molecule has 1 aromatic heterocycles. The highest BCUT2D eigenvalue weighted by Crippen LogP contribution is 2.43. The highest BCUT2D eigenvalue weighted by molar-refractivity contribution is 8.04. The van der Waals surface area contributed by atoms with Crippen molar-refractivity contribution in [2.24, 2.45) is 0 Å². The number of allylic oxidation sites excluding steroid dienone is 1. The lowest BCUT2D eigenvalue weighted by molar-refractivity contribution is -0.111. The molecule has 0 radical (unpaired) electrons. The number of para-hydroxylation sites is 1. The molecule has 0 aliphatic carbocycles. The summed E-state index contributed by atoms with van der Waals surface area (Å²) >= 11 is 1.49. The molecule has 5 rings (SSSR count). The van der Waals surface area contributed by atoms with Crippen LogP contribution < -0.4 is 21.3 Å². The minimum absolute atomic E-state index is 0.320. The van der Waals surface area contributed by atoms with E-state index >= 15 is 0 Å². The fraction of sp³-hybridized carbons (Fsp3) is 0. The van der Waals surface area contributed by atoms with Gasteiger partial charge < -0.3 is 21.3 Å². The third kappa shape index (κ3) is 5.95. The van der Waals surface area contributed by atoms with Crippen molar-refractivity contribution < 1.29 is 9.59 Å². The van der Waals surface area contributed by atoms with Crippen molar-refractivity contribution in [1.29, 1.82) is 5.26 Å². The minimum atomic E-state index is -0.356. The standard InChI is InChI=1S/C29H21N7O2S/c1-2-26(37)32-21-7-5-6-18(16-21)27(38)33-19-10-12-20(13-11-19)34-29-31-15-14-23(36-29)22(17-30)28-35-24-8-3-4-9-25(24)39-28/h2-16,35H,1H2,(H,32,37)(H,33,38)(H,31,34,36)/b28-22+. The second kappa shape index (κ2) is 11.3. The van der Waals surface area contributed by atoms with E-state index in [2.05, 4.69) is 43.9 Å². The normalized spacial score (nSPS) is 12.8. The molecular formula is C29H21N7O2S. The Morgan fingerprint density at radius 2 is 1.74 bits per heavy atom. The van der Waals surface area contributed by atoms with Gasteiger partial charge in [-0.25, -0.2) is 9.97 Å². The van der Waals surface area contributed by atoms with Crippen molar-refractivity contribution in [2.45, 2.75) is 4.90 Å². The summed E-state index contributed by atoms with van der Waals surface area (Å²) in [6.07, 6.45) is 2.75. The number of hydrogen-bond acceptors (Lipinski definition) is 8. The number of aromatic nitrogens is 2. The molecule has 3 aromatic carbocycles. The average molecular weight is 532 g/mol. The maximum Gasteiger partial charge on any atom is 0.255 e. The van der Waals surface area contributed by atoms with Gasteiger partial charge in [-0.15, -0.1) is 0 Å². The van der Waals surface area contributed by atoms with Crippen molar-refractivity contribution in [2.75, 3.05) is 21.3 Å². The number of fused-ring (bicyclic) bond motifs is 1. The Bertz CT molecular complexity index is 1630. The van der Waals surface area contributed by atoms with Crippen LogP contribution in [0.15, 0.2) is 108 Å². The quantitative estimate of drug-likeness (QED) is 0.168. The van der Waals surface area contributed by atoms with E-state index in [9.17, 15) is 14.9 Å². The summed E-state index contributed by atoms with van der Waals surface area (Å²) in [4.78, 5) is 34.1. The molecule has 1 aliphatic rings. The van der Waals surface area contributed by atoms with E-state index in [-0.39, 0.29) is 11.8 Å². The van der Waals surface area contributed by atoms with Crippen LogP contribution in [0.3, 0.4) is 0 Å². The smallest absolute Gasteiger partial charge is 0.255 e. The Morgan fingerprint density at radius 3 is 2.51 bits per heavy atom. The van der Waals surface area contributed by atoms with Gasteiger partial charge in [-0.2, -0.15) is 5.26 Å². The van der Waals surface area contributed by atoms with Crippen LogP contribution in [0, 0.1) is 11.3 Å². The van der Waals surface area contributed by atoms with Gasteiger partial charge in [0.1, 0.15) is 11.6 Å². The van der Waals surface area contributed by atoms with E-state index in [4.69, 9.17) is 0 Å². The number of nitrogens with zero attached hydrogens (tertiary/aromatic N) is 3. The van der Waals surface area contributed by atoms with Crippen molar-refractivity contribution in [3.8, 4) is 6.07 Å². The lowest BCUT2D eigenvalue weighted by Gasteiger charge is -2.10. The number of hydrogen-bond donors (Lipinski definition) is 4. The number of amides is 2. The molecule has 1 aliphatic heterocycles. The summed E-state index contributed by atoms with van der Waals surface area (Å²) in [5, 5.41) is 22.5. The van der Waals surface area contributed by atoms with E-state index in [0.29, 0.717) is 39.8 Å². The van der Waals surface area contributed by atoms with Crippen LogP contribution in [0.4, 0.5) is 28.7 Å². The minimum Gasteiger partial charge on any atom is -0.348 e. The first kappa shape index (κ1) is 25.3. The Kier molecular flexibility index (Phi) is 7.34. The Balaban J connectivity index is 1.26. The predicted octanol–water partition coefficient (Wildman–Crippen LogP) is 6.01. The molecule has 0 fully saturated rings. The maximum atomic E-state index is 12.7. The van der Waals surface area contributed by atoms with E-state index in [1.165, 1.54) is 11.8 Å². The van der Waals surface area contributed by atoms with Gasteiger partial charge in [-0.3, -0.25) is 9.59 Å². The molecule has 39 heavy (non-hydrogen) atoms. The summed E-state index contributed by atoms with van der Waals surface area (Å²) in [5.74, 6) is -0.346. The van der Waals surface area contributed by atoms with Crippen molar-refractivity contribution in [1.82, 2.24) is 9.97 Å². The van der Waals surface area contributed by atoms with Gasteiger partial charge in [0.15, 0.2) is 0 Å². The van der Waals surface area contributed by atoms with Crippen molar-refractivity contribution in [3.63, 3.8) is 0 Å². The van der Waals surface area contributed by atoms with Crippen LogP contribution >= 0.6 is 11.8 Å². The lowest BCUT2D eigenvalue weighted by atomic mass is 10.1. The largest absolute Gasteiger partial charge is 0.348 e. The van der Waals surface area contributed by atoms with E-state index in [0.717, 1.165) is 21.7 Å². The van der Waals surface area contributed by atoms with Crippen LogP contribution in [-0.4, -0.2) is 21.8 Å². The Labute approximate surface area is 228 Å². The van der Waals surface area contributed by atoms with Crippen LogP contribution in [-0.2, 0) is 4.79 Å². The van der Waals surface area contributed by atoms with Gasteiger partial charge in [-0.05, 0) is 66.7 Å². The molecule has 190 valence electrons. The zero-order valence-electron chi connectivity index (χ0n) is 20.4. The molecule has 2 heterocycles. The number of nitrogens with one attached hydrogen (secondary N) is 4. The third-order valence-corrected chi connectivity index (χ3v) is 6.66. The summed E-state index contributed by atoms with van der Waals surface area (Å²) in [6, 6.07) is 25.4. The second-order valence-corrected chi connectivity index (χ2v) is 9.29. The predicted molar refractivity (Wildman–Crippen MR) is 153 cm³/mol. The molecule has 0 bridgehead atoms. The third-order valence-electron chi connectivity index (χ3n) is 5.57. The first-order valence-electron chi connectivity index (χ1n) is 11.8. The first-order chi connectivity index (χ1) is 19.0. The van der Waals surface area contributed by atoms with E-state index in [1.54, 1.807) is 60.8 Å². The molecule has 0 saturated carbocycles. The van der Waals surface area contributed by atoms with E-state index in [1.807, 2.05) is 24.3 Å². The monoisotopic (exact) mass is 531 g/mol. The summed E-state index contributed by atoms with van der Waals surface area (Å²) in [6.45, 7) is 3.42. The fourth-order valence-corrected chi connectivity index (χ4v) is 4.72. The first-order valence-corrected chi connectivity index (χ1v) is 12.6. The number of rotatable bonds is 7. The number of nitriles is 1. The van der Waals surface area contributed by atoms with Gasteiger partial charge >= 0.3 is 0 Å². The summed E-state index contributed by atoms with van der Waals surface area (Å²) in [5.41, 5.74) is 4.05. The van der Waals surface area contributed by atoms with Gasteiger partial charge in [0.2, 0.25) is 11.9 Å². The Hall–Kier alpha value is -5.40. The second-order valence-electron chi connectivity index (χ2n) is 8.24. The molecule has 0 saturated heterocycles. The van der Waals surface area contributed by atoms with E-state index < -0.39 is 0 Å². The molecule has 0 spiro atoms. The van der Waals surface area contributed by atoms with Gasteiger partial charge in [0.05, 0.1) is 16.4 Å². The maximum absolute atomic E-state index is 12.7. The molecule has 4 N–H and O–H groups in total. The van der Waals surface area contributed by atoms with Crippen LogP contribution in [0.2, 0.25) is 0 Å². The number of carbonyl (C=O) groups excluding carboxylic acids is 2. The topological polar surface area (TPSA) is 132 Å². The molecule has 2 amide bonds. The molecule has 9 nitrogen and oxygen atoms in total. The van der Waals surface area contributed by atoms with Gasteiger partial charge in [-0.1, -0.05) is 36.5 Å². The zero-order valence-corrected chi connectivity index (χ0v) is 21.3. The summed E-state index contributed by atoms with van der Waals surface area (Å²) < 4.78 is 0. The van der Waals surface area contributed by atoms with Crippen LogP contribution in [0.5, 0.6) is 0 Å². The number of anilines is 5. The SMILES string of the molecule is C=CC(=O)Nc1cccc(C(=O)Nc2ccc(Nc3nccc(/C(C#N)=C4\Nc5ccccc5S4)n3)cc2)c1. The average Bonchev–Trinajstić information content (AvgIpc) is 3.38. The molecule has 4 aromatic rings. The molecular weight excluding hydrogens is 510 g/mol. The van der Waals surface area contributed by atoms with Gasteiger partial charge in [0.25, 0.3) is 5.91 Å². The number of benzene rings is 3. The van der Waals surface area contributed by atoms with Crippen LogP contribution in [0.25, 0.3) is 5.57 Å². The molecule has 0 atom stereocenters. The Morgan fingerprint density at radius 1 is 0.949 bits per heavy atom. The lowest BCUT2D eigenvalue weighted by Crippen LogP contribution is -2.13. The highest BCUT2D eigenvalue weighted by atomic mass is 32.2.